The van der Waals surface area contributed by atoms with Crippen molar-refractivity contribution in [2.45, 2.75) is 6.10 Å². The Bertz CT molecular complexity index is 437. The quantitative estimate of drug-likeness (QED) is 0.845. The Labute approximate surface area is 103 Å². The molecule has 4 nitrogen and oxygen atoms in total. The third-order valence-corrected chi connectivity index (χ3v) is 2.98. The maximum atomic E-state index is 13.2. The van der Waals surface area contributed by atoms with E-state index in [9.17, 15) is 9.18 Å². The standard InChI is InChI=1S/C11H12ClFN2O2/c12-8-2-1-7(3-9(8)13)17-10(11(14)16)6-4-15-5-6/h1-3,6,10,15H,4-5H2,(H2,14,16). The van der Waals surface area contributed by atoms with E-state index in [-0.39, 0.29) is 16.7 Å². The number of nitrogens with one attached hydrogen (secondary N) is 1. The zero-order valence-corrected chi connectivity index (χ0v) is 9.71. The van der Waals surface area contributed by atoms with Gasteiger partial charge in [-0.15, -0.1) is 0 Å². The molecule has 1 unspecified atom stereocenters. The van der Waals surface area contributed by atoms with Crippen LogP contribution in [0.3, 0.4) is 0 Å². The number of primary amides is 1. The van der Waals surface area contributed by atoms with E-state index in [0.29, 0.717) is 13.1 Å². The van der Waals surface area contributed by atoms with Crippen molar-refractivity contribution in [2.24, 2.45) is 11.7 Å². The molecule has 1 saturated heterocycles. The van der Waals surface area contributed by atoms with E-state index in [1.807, 2.05) is 0 Å². The second kappa shape index (κ2) is 4.89. The molecule has 0 bridgehead atoms. The second-order valence-corrected chi connectivity index (χ2v) is 4.34. The molecule has 0 spiro atoms. The molecule has 1 amide bonds. The summed E-state index contributed by atoms with van der Waals surface area (Å²) in [5.41, 5.74) is 5.25. The number of carbonyl (C=O) groups is 1. The van der Waals surface area contributed by atoms with E-state index in [0.717, 1.165) is 6.07 Å². The van der Waals surface area contributed by atoms with Crippen molar-refractivity contribution in [2.75, 3.05) is 13.1 Å². The predicted molar refractivity (Wildman–Crippen MR) is 61.4 cm³/mol. The lowest BCUT2D eigenvalue weighted by Crippen LogP contribution is -2.55. The highest BCUT2D eigenvalue weighted by Gasteiger charge is 2.33. The fraction of sp³-hybridized carbons (Fsp3) is 0.364. The fourth-order valence-corrected chi connectivity index (χ4v) is 1.73. The summed E-state index contributed by atoms with van der Waals surface area (Å²) in [6.07, 6.45) is -0.739. The Morgan fingerprint density at radius 3 is 2.76 bits per heavy atom. The van der Waals surface area contributed by atoms with Crippen LogP contribution >= 0.6 is 11.6 Å². The molecule has 0 aromatic heterocycles. The molecular weight excluding hydrogens is 247 g/mol. The molecule has 1 aromatic rings. The number of rotatable bonds is 4. The summed E-state index contributed by atoms with van der Waals surface area (Å²) < 4.78 is 18.6. The molecule has 2 rings (SSSR count). The van der Waals surface area contributed by atoms with E-state index in [2.05, 4.69) is 5.32 Å². The Kier molecular flexibility index (Phi) is 3.49. The first-order valence-electron chi connectivity index (χ1n) is 5.19. The lowest BCUT2D eigenvalue weighted by atomic mass is 9.96. The summed E-state index contributed by atoms with van der Waals surface area (Å²) in [6, 6.07) is 4.03. The molecule has 6 heteroatoms. The van der Waals surface area contributed by atoms with Crippen LogP contribution in [0.25, 0.3) is 0 Å². The molecule has 1 fully saturated rings. The fourth-order valence-electron chi connectivity index (χ4n) is 1.61. The Hall–Kier alpha value is -1.33. The number of hydrogen-bond acceptors (Lipinski definition) is 3. The highest BCUT2D eigenvalue weighted by Crippen LogP contribution is 2.23. The van der Waals surface area contributed by atoms with Gasteiger partial charge in [0.05, 0.1) is 5.02 Å². The van der Waals surface area contributed by atoms with Gasteiger partial charge in [0.25, 0.3) is 5.91 Å². The van der Waals surface area contributed by atoms with Crippen molar-refractivity contribution in [3.63, 3.8) is 0 Å². The lowest BCUT2D eigenvalue weighted by Gasteiger charge is -2.32. The molecule has 1 heterocycles. The highest BCUT2D eigenvalue weighted by molar-refractivity contribution is 6.30. The van der Waals surface area contributed by atoms with Crippen LogP contribution in [-0.4, -0.2) is 25.1 Å². The molecule has 92 valence electrons. The number of nitrogens with two attached hydrogens (primary N) is 1. The molecule has 17 heavy (non-hydrogen) atoms. The molecule has 1 atom stereocenters. The average molecular weight is 259 g/mol. The summed E-state index contributed by atoms with van der Waals surface area (Å²) in [4.78, 5) is 11.2. The van der Waals surface area contributed by atoms with Crippen LogP contribution in [0.1, 0.15) is 0 Å². The monoisotopic (exact) mass is 258 g/mol. The maximum Gasteiger partial charge on any atom is 0.258 e. The van der Waals surface area contributed by atoms with Crippen molar-refractivity contribution >= 4 is 17.5 Å². The SMILES string of the molecule is NC(=O)C(Oc1ccc(Cl)c(F)c1)C1CNC1. The minimum atomic E-state index is -0.739. The first-order chi connectivity index (χ1) is 8.08. The second-order valence-electron chi connectivity index (χ2n) is 3.94. The van der Waals surface area contributed by atoms with E-state index in [1.165, 1.54) is 12.1 Å². The van der Waals surface area contributed by atoms with E-state index in [1.54, 1.807) is 0 Å². The molecule has 1 aromatic carbocycles. The zero-order valence-electron chi connectivity index (χ0n) is 8.95. The Morgan fingerprint density at radius 1 is 1.59 bits per heavy atom. The van der Waals surface area contributed by atoms with Crippen molar-refractivity contribution < 1.29 is 13.9 Å². The van der Waals surface area contributed by atoms with Gasteiger partial charge in [0.15, 0.2) is 6.10 Å². The first-order valence-corrected chi connectivity index (χ1v) is 5.57. The van der Waals surface area contributed by atoms with Crippen LogP contribution in [0.4, 0.5) is 4.39 Å². The Morgan fingerprint density at radius 2 is 2.29 bits per heavy atom. The van der Waals surface area contributed by atoms with Gasteiger partial charge in [0, 0.05) is 25.1 Å². The number of ether oxygens (including phenoxy) is 1. The highest BCUT2D eigenvalue weighted by atomic mass is 35.5. The lowest BCUT2D eigenvalue weighted by molar-refractivity contribution is -0.127. The molecule has 0 saturated carbocycles. The van der Waals surface area contributed by atoms with Gasteiger partial charge in [0.2, 0.25) is 0 Å². The summed E-state index contributed by atoms with van der Waals surface area (Å²) in [7, 11) is 0. The molecule has 3 N–H and O–H groups in total. The van der Waals surface area contributed by atoms with Crippen LogP contribution < -0.4 is 15.8 Å². The van der Waals surface area contributed by atoms with E-state index in [4.69, 9.17) is 22.1 Å². The molecule has 0 aliphatic carbocycles. The van der Waals surface area contributed by atoms with Crippen LogP contribution in [0.15, 0.2) is 18.2 Å². The molecule has 1 aliphatic heterocycles. The topological polar surface area (TPSA) is 64.4 Å². The summed E-state index contributed by atoms with van der Waals surface area (Å²) in [6.45, 7) is 1.34. The van der Waals surface area contributed by atoms with Crippen LogP contribution in [0.5, 0.6) is 5.75 Å². The van der Waals surface area contributed by atoms with Gasteiger partial charge < -0.3 is 15.8 Å². The predicted octanol–water partition coefficient (Wildman–Crippen LogP) is 0.931. The number of amides is 1. The van der Waals surface area contributed by atoms with Crippen molar-refractivity contribution in [1.29, 1.82) is 0 Å². The van der Waals surface area contributed by atoms with Crippen LogP contribution in [-0.2, 0) is 4.79 Å². The first kappa shape index (κ1) is 12.1. The Balaban J connectivity index is 2.11. The van der Waals surface area contributed by atoms with Gasteiger partial charge >= 0.3 is 0 Å². The smallest absolute Gasteiger partial charge is 0.258 e. The number of carbonyl (C=O) groups excluding carboxylic acids is 1. The average Bonchev–Trinajstić information content (AvgIpc) is 2.19. The van der Waals surface area contributed by atoms with Crippen molar-refractivity contribution in [1.82, 2.24) is 5.32 Å². The summed E-state index contributed by atoms with van der Waals surface area (Å²) in [5.74, 6) is -0.847. The van der Waals surface area contributed by atoms with Gasteiger partial charge in [-0.2, -0.15) is 0 Å². The third kappa shape index (κ3) is 2.68. The largest absolute Gasteiger partial charge is 0.480 e. The normalized spacial score (nSPS) is 17.3. The zero-order chi connectivity index (χ0) is 12.4. The van der Waals surface area contributed by atoms with Crippen molar-refractivity contribution in [3.8, 4) is 5.75 Å². The number of halogens is 2. The number of benzene rings is 1. The van der Waals surface area contributed by atoms with Crippen molar-refractivity contribution in [3.05, 3.63) is 29.0 Å². The third-order valence-electron chi connectivity index (χ3n) is 2.68. The van der Waals surface area contributed by atoms with Gasteiger partial charge in [-0.1, -0.05) is 11.6 Å². The minimum absolute atomic E-state index is 0.0123. The molecular formula is C11H12ClFN2O2. The van der Waals surface area contributed by atoms with Gasteiger partial charge in [-0.3, -0.25) is 4.79 Å². The summed E-state index contributed by atoms with van der Waals surface area (Å²) in [5, 5.41) is 3.03. The van der Waals surface area contributed by atoms with Gasteiger partial charge in [-0.25, -0.2) is 4.39 Å². The van der Waals surface area contributed by atoms with E-state index >= 15 is 0 Å². The van der Waals surface area contributed by atoms with Crippen LogP contribution in [0, 0.1) is 11.7 Å². The van der Waals surface area contributed by atoms with E-state index < -0.39 is 17.8 Å². The molecule has 1 aliphatic rings. The van der Waals surface area contributed by atoms with Gasteiger partial charge in [0.1, 0.15) is 11.6 Å². The maximum absolute atomic E-state index is 13.2. The molecule has 0 radical (unpaired) electrons. The van der Waals surface area contributed by atoms with Crippen LogP contribution in [0.2, 0.25) is 5.02 Å². The minimum Gasteiger partial charge on any atom is -0.480 e. The summed E-state index contributed by atoms with van der Waals surface area (Å²) >= 11 is 5.55. The van der Waals surface area contributed by atoms with Gasteiger partial charge in [-0.05, 0) is 12.1 Å². The number of hydrogen-bond donors (Lipinski definition) is 2.